The number of aromatic amines is 1. The van der Waals surface area contributed by atoms with Crippen LogP contribution in [0.5, 0.6) is 0 Å². The lowest BCUT2D eigenvalue weighted by atomic mass is 10.0. The van der Waals surface area contributed by atoms with Gasteiger partial charge < -0.3 is 46.3 Å². The Kier molecular flexibility index (Phi) is 12.3. The Morgan fingerprint density at radius 3 is 2.02 bits per heavy atom. The van der Waals surface area contributed by atoms with Crippen molar-refractivity contribution in [3.8, 4) is 0 Å². The summed E-state index contributed by atoms with van der Waals surface area (Å²) in [4.78, 5) is 65.6. The molecule has 0 fully saturated rings. The molecule has 2 unspecified atom stereocenters. The molecule has 2 aromatic rings. The van der Waals surface area contributed by atoms with E-state index in [4.69, 9.17) is 0 Å². The van der Waals surface area contributed by atoms with Crippen LogP contribution in [0, 0.1) is 0 Å². The fraction of sp³-hybridized carbons (Fsp3) is 0.423. The number of amides is 4. The number of nitrogens with one attached hydrogen (secondary N) is 5. The molecule has 4 amide bonds. The number of rotatable bonds is 14. The Bertz CT molecular complexity index is 1140. The van der Waals surface area contributed by atoms with E-state index in [0.717, 1.165) is 7.11 Å². The minimum atomic E-state index is -1.51. The third-order valence-corrected chi connectivity index (χ3v) is 5.87. The number of carbonyl (C=O) groups is 5. The van der Waals surface area contributed by atoms with Gasteiger partial charge in [-0.15, -0.1) is 0 Å². The standard InChI is InChI=1S/C26H35N5O9/c1-14(33)21(31-23(36)17-10-7-11-27-17)25(38)29-19(13-32)24(37)28-18(16-8-5-4-6-9-16)12-20(35)30-22(15(2)34)26(39)40-3/h4-11,14-15,18-19,21-22,27,32-34H,12-13H2,1-3H3,(H,28,37)(H,29,38)(H,30,35)(H,31,36)/t14-,15?,18-,19-,21?,22+/m0/s1. The number of aliphatic hydroxyl groups excluding tert-OH is 3. The van der Waals surface area contributed by atoms with Crippen molar-refractivity contribution in [1.82, 2.24) is 26.3 Å². The van der Waals surface area contributed by atoms with Crippen molar-refractivity contribution >= 4 is 29.6 Å². The van der Waals surface area contributed by atoms with Crippen LogP contribution in [0.25, 0.3) is 0 Å². The number of aliphatic hydroxyl groups is 3. The molecule has 0 bridgehead atoms. The number of ether oxygens (including phenoxy) is 1. The molecule has 1 aromatic heterocycles. The number of carbonyl (C=O) groups excluding carboxylic acids is 5. The van der Waals surface area contributed by atoms with Crippen LogP contribution in [0.15, 0.2) is 48.7 Å². The number of hydrogen-bond donors (Lipinski definition) is 8. The Morgan fingerprint density at radius 2 is 1.50 bits per heavy atom. The summed E-state index contributed by atoms with van der Waals surface area (Å²) >= 11 is 0. The van der Waals surface area contributed by atoms with E-state index in [1.165, 1.54) is 26.1 Å². The molecule has 0 aliphatic rings. The van der Waals surface area contributed by atoms with Gasteiger partial charge in [0.05, 0.1) is 38.4 Å². The zero-order valence-corrected chi connectivity index (χ0v) is 22.3. The van der Waals surface area contributed by atoms with Gasteiger partial charge in [0, 0.05) is 6.20 Å². The highest BCUT2D eigenvalue weighted by Gasteiger charge is 2.32. The Labute approximate surface area is 230 Å². The largest absolute Gasteiger partial charge is 0.467 e. The number of benzene rings is 1. The van der Waals surface area contributed by atoms with Crippen LogP contribution in [0.1, 0.15) is 42.4 Å². The van der Waals surface area contributed by atoms with E-state index in [1.807, 2.05) is 0 Å². The predicted molar refractivity (Wildman–Crippen MR) is 140 cm³/mol. The zero-order valence-electron chi connectivity index (χ0n) is 22.3. The summed E-state index contributed by atoms with van der Waals surface area (Å²) in [6.07, 6.45) is -1.47. The highest BCUT2D eigenvalue weighted by molar-refractivity contribution is 5.97. The van der Waals surface area contributed by atoms with Crippen LogP contribution in [0.3, 0.4) is 0 Å². The van der Waals surface area contributed by atoms with Crippen molar-refractivity contribution < 1.29 is 44.0 Å². The van der Waals surface area contributed by atoms with E-state index in [-0.39, 0.29) is 12.1 Å². The molecule has 14 nitrogen and oxygen atoms in total. The van der Waals surface area contributed by atoms with Crippen molar-refractivity contribution in [1.29, 1.82) is 0 Å². The number of hydrogen-bond acceptors (Lipinski definition) is 9. The highest BCUT2D eigenvalue weighted by Crippen LogP contribution is 2.17. The van der Waals surface area contributed by atoms with Crippen LogP contribution < -0.4 is 21.3 Å². The van der Waals surface area contributed by atoms with Crippen LogP contribution in [0.4, 0.5) is 0 Å². The van der Waals surface area contributed by atoms with Crippen molar-refractivity contribution in [3.05, 3.63) is 59.9 Å². The van der Waals surface area contributed by atoms with E-state index >= 15 is 0 Å². The van der Waals surface area contributed by atoms with Gasteiger partial charge in [-0.1, -0.05) is 30.3 Å². The molecule has 40 heavy (non-hydrogen) atoms. The summed E-state index contributed by atoms with van der Waals surface area (Å²) < 4.78 is 4.60. The van der Waals surface area contributed by atoms with Gasteiger partial charge in [0.2, 0.25) is 17.7 Å². The Hall–Kier alpha value is -4.27. The molecule has 1 heterocycles. The second-order valence-corrected chi connectivity index (χ2v) is 9.00. The van der Waals surface area contributed by atoms with Crippen LogP contribution in [-0.2, 0) is 23.9 Å². The summed E-state index contributed by atoms with van der Waals surface area (Å²) in [5.74, 6) is -4.03. The average molecular weight is 562 g/mol. The van der Waals surface area contributed by atoms with E-state index in [0.29, 0.717) is 5.56 Å². The Balaban J connectivity index is 2.15. The second-order valence-electron chi connectivity index (χ2n) is 9.00. The summed E-state index contributed by atoms with van der Waals surface area (Å²) in [5, 5.41) is 39.4. The molecule has 218 valence electrons. The molecule has 0 aliphatic heterocycles. The molecule has 14 heteroatoms. The summed E-state index contributed by atoms with van der Waals surface area (Å²) in [6, 6.07) is 6.10. The van der Waals surface area contributed by atoms with Crippen LogP contribution in [-0.4, -0.2) is 94.0 Å². The van der Waals surface area contributed by atoms with E-state index in [1.54, 1.807) is 36.4 Å². The van der Waals surface area contributed by atoms with Gasteiger partial charge in [-0.2, -0.15) is 0 Å². The van der Waals surface area contributed by atoms with Gasteiger partial charge in [-0.05, 0) is 31.5 Å². The van der Waals surface area contributed by atoms with Gasteiger partial charge in [0.15, 0.2) is 6.04 Å². The van der Waals surface area contributed by atoms with Gasteiger partial charge in [-0.3, -0.25) is 19.2 Å². The summed E-state index contributed by atoms with van der Waals surface area (Å²) in [7, 11) is 1.10. The first-order chi connectivity index (χ1) is 19.0. The van der Waals surface area contributed by atoms with Crippen molar-refractivity contribution in [3.63, 3.8) is 0 Å². The molecule has 0 aliphatic carbocycles. The number of H-pyrrole nitrogens is 1. The summed E-state index contributed by atoms with van der Waals surface area (Å²) in [5.41, 5.74) is 0.643. The van der Waals surface area contributed by atoms with Gasteiger partial charge in [-0.25, -0.2) is 4.79 Å². The van der Waals surface area contributed by atoms with E-state index < -0.39 is 72.6 Å². The van der Waals surface area contributed by atoms with Gasteiger partial charge in [0.25, 0.3) is 5.91 Å². The average Bonchev–Trinajstić information content (AvgIpc) is 3.47. The topological polar surface area (TPSA) is 219 Å². The normalized spacial score (nSPS) is 15.3. The smallest absolute Gasteiger partial charge is 0.331 e. The predicted octanol–water partition coefficient (Wildman–Crippen LogP) is -1.74. The Morgan fingerprint density at radius 1 is 0.850 bits per heavy atom. The van der Waals surface area contributed by atoms with Crippen molar-refractivity contribution in [2.45, 2.75) is 56.6 Å². The summed E-state index contributed by atoms with van der Waals surface area (Å²) in [6.45, 7) is 1.73. The molecule has 8 N–H and O–H groups in total. The molecular weight excluding hydrogens is 526 g/mol. The third-order valence-electron chi connectivity index (χ3n) is 5.87. The van der Waals surface area contributed by atoms with Crippen molar-refractivity contribution in [2.24, 2.45) is 0 Å². The first-order valence-corrected chi connectivity index (χ1v) is 12.4. The molecule has 0 spiro atoms. The molecule has 0 saturated heterocycles. The van der Waals surface area contributed by atoms with Crippen molar-refractivity contribution in [2.75, 3.05) is 13.7 Å². The lowest BCUT2D eigenvalue weighted by Gasteiger charge is -2.26. The first-order valence-electron chi connectivity index (χ1n) is 12.4. The molecule has 0 saturated carbocycles. The maximum atomic E-state index is 13.1. The minimum Gasteiger partial charge on any atom is -0.467 e. The lowest BCUT2D eigenvalue weighted by molar-refractivity contribution is -0.148. The molecule has 1 aromatic carbocycles. The molecule has 2 rings (SSSR count). The fourth-order valence-corrected chi connectivity index (χ4v) is 3.68. The monoisotopic (exact) mass is 561 g/mol. The number of aromatic nitrogens is 1. The van der Waals surface area contributed by atoms with Gasteiger partial charge in [0.1, 0.15) is 17.8 Å². The highest BCUT2D eigenvalue weighted by atomic mass is 16.5. The third kappa shape index (κ3) is 9.18. The second kappa shape index (κ2) is 15.4. The van der Waals surface area contributed by atoms with E-state index in [2.05, 4.69) is 31.0 Å². The number of methoxy groups -OCH3 is 1. The van der Waals surface area contributed by atoms with E-state index in [9.17, 15) is 39.3 Å². The first kappa shape index (κ1) is 31.9. The fourth-order valence-electron chi connectivity index (χ4n) is 3.68. The van der Waals surface area contributed by atoms with Crippen LogP contribution >= 0.6 is 0 Å². The SMILES string of the molecule is COC(=O)[C@H](NC(=O)C[C@H](NC(=O)[C@H](CO)NC(=O)C(NC(=O)c1ccc[nH]1)[C@H](C)O)c1ccccc1)C(C)O. The molecule has 6 atom stereocenters. The number of esters is 1. The zero-order chi connectivity index (χ0) is 29.8. The maximum absolute atomic E-state index is 13.1. The van der Waals surface area contributed by atoms with Gasteiger partial charge >= 0.3 is 5.97 Å². The quantitative estimate of drug-likeness (QED) is 0.123. The maximum Gasteiger partial charge on any atom is 0.331 e. The molecular formula is C26H35N5O9. The van der Waals surface area contributed by atoms with Crippen LogP contribution in [0.2, 0.25) is 0 Å². The molecule has 0 radical (unpaired) electrons. The minimum absolute atomic E-state index is 0.143. The lowest BCUT2D eigenvalue weighted by Crippen LogP contribution is -2.58.